The SMILES string of the molecule is CN(C)S(=O)(=O)c1ccc(C(=O)OCC(=O)Nc2ccc(C#N)cc2)cc1. The van der Waals surface area contributed by atoms with E-state index in [0.717, 1.165) is 4.31 Å². The van der Waals surface area contributed by atoms with Gasteiger partial charge in [0.15, 0.2) is 6.61 Å². The molecule has 0 fully saturated rings. The maximum Gasteiger partial charge on any atom is 0.338 e. The van der Waals surface area contributed by atoms with Gasteiger partial charge in [-0.25, -0.2) is 17.5 Å². The lowest BCUT2D eigenvalue weighted by Crippen LogP contribution is -2.22. The number of ether oxygens (including phenoxy) is 1. The van der Waals surface area contributed by atoms with Gasteiger partial charge in [-0.1, -0.05) is 0 Å². The van der Waals surface area contributed by atoms with Gasteiger partial charge in [-0.2, -0.15) is 5.26 Å². The Morgan fingerprint density at radius 1 is 1.07 bits per heavy atom. The quantitative estimate of drug-likeness (QED) is 0.753. The number of benzene rings is 2. The third kappa shape index (κ3) is 5.13. The summed E-state index contributed by atoms with van der Waals surface area (Å²) in [5, 5.41) is 11.3. The van der Waals surface area contributed by atoms with Gasteiger partial charge in [-0.05, 0) is 48.5 Å². The summed E-state index contributed by atoms with van der Waals surface area (Å²) in [5.74, 6) is -1.29. The smallest absolute Gasteiger partial charge is 0.338 e. The van der Waals surface area contributed by atoms with E-state index in [9.17, 15) is 18.0 Å². The highest BCUT2D eigenvalue weighted by Crippen LogP contribution is 2.14. The number of nitrogens with zero attached hydrogens (tertiary/aromatic N) is 2. The van der Waals surface area contributed by atoms with Gasteiger partial charge in [0, 0.05) is 19.8 Å². The van der Waals surface area contributed by atoms with Crippen LogP contribution in [0.2, 0.25) is 0 Å². The molecule has 8 nitrogen and oxygen atoms in total. The second-order valence-corrected chi connectivity index (χ2v) is 7.78. The molecule has 0 radical (unpaired) electrons. The number of amides is 1. The fraction of sp³-hybridized carbons (Fsp3) is 0.167. The molecule has 0 aliphatic carbocycles. The lowest BCUT2D eigenvalue weighted by atomic mass is 10.2. The normalized spacial score (nSPS) is 10.9. The van der Waals surface area contributed by atoms with Gasteiger partial charge in [0.2, 0.25) is 10.0 Å². The Morgan fingerprint density at radius 3 is 2.19 bits per heavy atom. The molecule has 0 atom stereocenters. The first-order chi connectivity index (χ1) is 12.7. The van der Waals surface area contributed by atoms with Crippen LogP contribution in [0, 0.1) is 11.3 Å². The van der Waals surface area contributed by atoms with Gasteiger partial charge >= 0.3 is 5.97 Å². The monoisotopic (exact) mass is 387 g/mol. The molecule has 0 heterocycles. The largest absolute Gasteiger partial charge is 0.452 e. The van der Waals surface area contributed by atoms with Crippen LogP contribution in [0.25, 0.3) is 0 Å². The van der Waals surface area contributed by atoms with Crippen LogP contribution in [0.5, 0.6) is 0 Å². The number of rotatable bonds is 6. The van der Waals surface area contributed by atoms with Crippen molar-refractivity contribution in [2.45, 2.75) is 4.90 Å². The highest BCUT2D eigenvalue weighted by molar-refractivity contribution is 7.89. The van der Waals surface area contributed by atoms with Gasteiger partial charge in [-0.3, -0.25) is 4.79 Å². The average molecular weight is 387 g/mol. The van der Waals surface area contributed by atoms with E-state index >= 15 is 0 Å². The van der Waals surface area contributed by atoms with Crippen molar-refractivity contribution in [1.29, 1.82) is 5.26 Å². The van der Waals surface area contributed by atoms with Crippen molar-refractivity contribution >= 4 is 27.6 Å². The molecule has 140 valence electrons. The standard InChI is InChI=1S/C18H17N3O5S/c1-21(2)27(24,25)16-9-5-14(6-10-16)18(23)26-12-17(22)20-15-7-3-13(11-19)4-8-15/h3-10H,12H2,1-2H3,(H,20,22). The second kappa shape index (κ2) is 8.44. The Kier molecular flexibility index (Phi) is 6.28. The average Bonchev–Trinajstić information content (AvgIpc) is 2.66. The van der Waals surface area contributed by atoms with Crippen LogP contribution in [0.15, 0.2) is 53.4 Å². The predicted molar refractivity (Wildman–Crippen MR) is 97.4 cm³/mol. The van der Waals surface area contributed by atoms with Gasteiger partial charge in [0.05, 0.1) is 22.1 Å². The van der Waals surface area contributed by atoms with Crippen molar-refractivity contribution in [3.8, 4) is 6.07 Å². The van der Waals surface area contributed by atoms with Crippen molar-refractivity contribution in [2.75, 3.05) is 26.0 Å². The van der Waals surface area contributed by atoms with Crippen LogP contribution in [0.4, 0.5) is 5.69 Å². The van der Waals surface area contributed by atoms with Gasteiger partial charge in [0.25, 0.3) is 5.91 Å². The molecule has 0 saturated carbocycles. The number of anilines is 1. The van der Waals surface area contributed by atoms with E-state index < -0.39 is 28.5 Å². The molecule has 0 aliphatic heterocycles. The topological polar surface area (TPSA) is 117 Å². The summed E-state index contributed by atoms with van der Waals surface area (Å²) in [6.45, 7) is -0.503. The van der Waals surface area contributed by atoms with Gasteiger partial charge in [0.1, 0.15) is 0 Å². The Balaban J connectivity index is 1.93. The third-order valence-corrected chi connectivity index (χ3v) is 5.33. The summed E-state index contributed by atoms with van der Waals surface area (Å²) in [5.41, 5.74) is 1.05. The number of hydrogen-bond acceptors (Lipinski definition) is 6. The summed E-state index contributed by atoms with van der Waals surface area (Å²) >= 11 is 0. The molecule has 0 unspecified atom stereocenters. The fourth-order valence-electron chi connectivity index (χ4n) is 2.01. The number of esters is 1. The molecule has 9 heteroatoms. The molecule has 0 spiro atoms. The van der Waals surface area contributed by atoms with E-state index in [4.69, 9.17) is 10.00 Å². The third-order valence-electron chi connectivity index (χ3n) is 3.50. The van der Waals surface area contributed by atoms with Gasteiger partial charge in [-0.15, -0.1) is 0 Å². The molecular formula is C18H17N3O5S. The molecule has 27 heavy (non-hydrogen) atoms. The number of hydrogen-bond donors (Lipinski definition) is 1. The summed E-state index contributed by atoms with van der Waals surface area (Å²) < 4.78 is 29.9. The summed E-state index contributed by atoms with van der Waals surface area (Å²) in [4.78, 5) is 23.9. The van der Waals surface area contributed by atoms with E-state index in [2.05, 4.69) is 5.32 Å². The van der Waals surface area contributed by atoms with Crippen LogP contribution in [-0.4, -0.2) is 45.3 Å². The zero-order valence-electron chi connectivity index (χ0n) is 14.7. The fourth-order valence-corrected chi connectivity index (χ4v) is 2.92. The van der Waals surface area contributed by atoms with Crippen LogP contribution < -0.4 is 5.32 Å². The minimum absolute atomic E-state index is 0.0441. The first-order valence-corrected chi connectivity index (χ1v) is 9.18. The number of sulfonamides is 1. The molecule has 2 rings (SSSR count). The van der Waals surface area contributed by atoms with Crippen LogP contribution >= 0.6 is 0 Å². The van der Waals surface area contributed by atoms with Crippen LogP contribution in [0.3, 0.4) is 0 Å². The van der Waals surface area contributed by atoms with Crippen LogP contribution in [0.1, 0.15) is 15.9 Å². The number of carbonyl (C=O) groups is 2. The second-order valence-electron chi connectivity index (χ2n) is 5.63. The molecule has 0 saturated heterocycles. The minimum atomic E-state index is -3.59. The summed E-state index contributed by atoms with van der Waals surface area (Å²) in [6, 6.07) is 13.4. The maximum absolute atomic E-state index is 12.0. The van der Waals surface area contributed by atoms with Gasteiger partial charge < -0.3 is 10.1 Å². The van der Waals surface area contributed by atoms with E-state index in [-0.39, 0.29) is 10.5 Å². The molecule has 0 bridgehead atoms. The van der Waals surface area contributed by atoms with Crippen molar-refractivity contribution in [3.05, 3.63) is 59.7 Å². The minimum Gasteiger partial charge on any atom is -0.452 e. The van der Waals surface area contributed by atoms with Crippen molar-refractivity contribution < 1.29 is 22.7 Å². The van der Waals surface area contributed by atoms with E-state index in [0.29, 0.717) is 11.3 Å². The molecular weight excluding hydrogens is 370 g/mol. The lowest BCUT2D eigenvalue weighted by Gasteiger charge is -2.11. The Hall–Kier alpha value is -3.22. The zero-order valence-corrected chi connectivity index (χ0v) is 15.5. The number of nitriles is 1. The summed E-state index contributed by atoms with van der Waals surface area (Å²) in [7, 11) is -0.774. The van der Waals surface area contributed by atoms with E-state index in [1.54, 1.807) is 24.3 Å². The molecule has 2 aromatic carbocycles. The molecule has 1 amide bonds. The Morgan fingerprint density at radius 2 is 1.67 bits per heavy atom. The van der Waals surface area contributed by atoms with E-state index in [1.807, 2.05) is 6.07 Å². The zero-order chi connectivity index (χ0) is 20.0. The highest BCUT2D eigenvalue weighted by atomic mass is 32.2. The Labute approximate surface area is 157 Å². The summed E-state index contributed by atoms with van der Waals surface area (Å²) in [6.07, 6.45) is 0. The lowest BCUT2D eigenvalue weighted by molar-refractivity contribution is -0.119. The Bertz CT molecular complexity index is 975. The molecule has 2 aromatic rings. The first kappa shape index (κ1) is 20.1. The number of nitrogens with one attached hydrogen (secondary N) is 1. The molecule has 1 N–H and O–H groups in total. The van der Waals surface area contributed by atoms with Crippen LogP contribution in [-0.2, 0) is 19.6 Å². The van der Waals surface area contributed by atoms with Crippen molar-refractivity contribution in [1.82, 2.24) is 4.31 Å². The van der Waals surface area contributed by atoms with Crippen molar-refractivity contribution in [2.24, 2.45) is 0 Å². The highest BCUT2D eigenvalue weighted by Gasteiger charge is 2.18. The molecule has 0 aromatic heterocycles. The van der Waals surface area contributed by atoms with Crippen molar-refractivity contribution in [3.63, 3.8) is 0 Å². The van der Waals surface area contributed by atoms with E-state index in [1.165, 1.54) is 38.4 Å². The predicted octanol–water partition coefficient (Wildman–Crippen LogP) is 1.60. The molecule has 0 aliphatic rings. The number of carbonyl (C=O) groups excluding carboxylic acids is 2. The first-order valence-electron chi connectivity index (χ1n) is 7.74. The maximum atomic E-state index is 12.0.